The lowest BCUT2D eigenvalue weighted by Crippen LogP contribution is -2.56. The summed E-state index contributed by atoms with van der Waals surface area (Å²) < 4.78 is 51.2. The number of carbonyl (C=O) groups is 1. The van der Waals surface area contributed by atoms with Crippen molar-refractivity contribution in [3.63, 3.8) is 0 Å². The Bertz CT molecular complexity index is 1130. The van der Waals surface area contributed by atoms with E-state index in [4.69, 9.17) is 19.9 Å². The summed E-state index contributed by atoms with van der Waals surface area (Å²) >= 11 is 0. The number of carbonyl (C=O) groups excluding carboxylic acids is 1. The van der Waals surface area contributed by atoms with Crippen molar-refractivity contribution < 1.29 is 37.9 Å². The average Bonchev–Trinajstić information content (AvgIpc) is 3.23. The topological polar surface area (TPSA) is 167 Å². The van der Waals surface area contributed by atoms with Crippen molar-refractivity contribution in [2.24, 2.45) is 0 Å². The molecule has 2 heterocycles. The Morgan fingerprint density at radius 2 is 2.00 bits per heavy atom. The number of quaternary nitrogens is 1. The minimum Gasteiger partial charge on any atom is -0.542 e. The van der Waals surface area contributed by atoms with Crippen LogP contribution in [-0.4, -0.2) is 45.0 Å². The molecule has 14 heteroatoms. The van der Waals surface area contributed by atoms with Gasteiger partial charge in [0.25, 0.3) is 0 Å². The summed E-state index contributed by atoms with van der Waals surface area (Å²) in [5, 5.41) is 27.4. The number of nitriles is 1. The maximum Gasteiger partial charge on any atom is 0.430 e. The van der Waals surface area contributed by atoms with E-state index in [2.05, 4.69) is 31.2 Å². The molecular formula is C19H17F4N7O3. The van der Waals surface area contributed by atoms with Gasteiger partial charge < -0.3 is 25.7 Å². The minimum atomic E-state index is -5.19. The number of rotatable bonds is 6. The molecule has 0 aliphatic carbocycles. The number of aromatic nitrogens is 4. The van der Waals surface area contributed by atoms with Crippen LogP contribution in [0.1, 0.15) is 12.6 Å². The lowest BCUT2D eigenvalue weighted by atomic mass is 10.1. The standard InChI is InChI=1S/C17H16FN7O.C2HF3O2/c1-10(6-19)26-15-3-2-11(4-13(15)18)14-5-16(25-24-14)23-17-9-21-12(7-20)8-22-17;3-2(4,5)1(6)7/h2-5,8-10H,6,19H2,1H3,(H2,22,23,24,25);(H,6,7)/t10-;/m0./s1. The number of halogens is 4. The Balaban J connectivity index is 0.000000479. The number of carboxylic acids is 1. The van der Waals surface area contributed by atoms with Crippen molar-refractivity contribution in [2.75, 3.05) is 11.9 Å². The molecule has 0 bridgehead atoms. The van der Waals surface area contributed by atoms with Gasteiger partial charge in [-0.15, -0.1) is 0 Å². The first-order valence-corrected chi connectivity index (χ1v) is 9.12. The number of anilines is 2. The van der Waals surface area contributed by atoms with Gasteiger partial charge in [-0.25, -0.2) is 14.4 Å². The van der Waals surface area contributed by atoms with Gasteiger partial charge in [0, 0.05) is 11.6 Å². The summed E-state index contributed by atoms with van der Waals surface area (Å²) in [6.07, 6.45) is -2.56. The van der Waals surface area contributed by atoms with E-state index in [0.29, 0.717) is 29.4 Å². The summed E-state index contributed by atoms with van der Waals surface area (Å²) in [6.45, 7) is 2.38. The average molecular weight is 467 g/mol. The second kappa shape index (κ2) is 10.9. The number of aliphatic carboxylic acids is 1. The maximum atomic E-state index is 14.2. The summed E-state index contributed by atoms with van der Waals surface area (Å²) in [5.41, 5.74) is 5.21. The van der Waals surface area contributed by atoms with Crippen LogP contribution in [0.2, 0.25) is 0 Å². The first-order chi connectivity index (χ1) is 15.5. The molecular weight excluding hydrogens is 450 g/mol. The number of nitrogens with one attached hydrogen (secondary N) is 2. The third-order valence-corrected chi connectivity index (χ3v) is 3.81. The van der Waals surface area contributed by atoms with Crippen molar-refractivity contribution in [2.45, 2.75) is 19.2 Å². The van der Waals surface area contributed by atoms with Gasteiger partial charge in [-0.3, -0.25) is 5.10 Å². The third kappa shape index (κ3) is 7.43. The van der Waals surface area contributed by atoms with Crippen LogP contribution in [0, 0.1) is 17.1 Å². The summed E-state index contributed by atoms with van der Waals surface area (Å²) in [6, 6.07) is 8.31. The third-order valence-electron chi connectivity index (χ3n) is 3.81. The van der Waals surface area contributed by atoms with Gasteiger partial charge in [-0.05, 0) is 25.1 Å². The molecule has 1 atom stereocenters. The monoisotopic (exact) mass is 467 g/mol. The number of alkyl halides is 3. The van der Waals surface area contributed by atoms with Crippen LogP contribution < -0.4 is 20.9 Å². The SMILES string of the molecule is C[C@@H](C[NH3+])Oc1ccc(-c2cc(Nc3cnc(C#N)cn3)n[nH]2)cc1F.O=C([O-])C(F)(F)F. The molecule has 3 aromatic rings. The molecule has 0 aliphatic heterocycles. The van der Waals surface area contributed by atoms with E-state index in [-0.39, 0.29) is 17.5 Å². The fourth-order valence-corrected chi connectivity index (χ4v) is 2.15. The highest BCUT2D eigenvalue weighted by atomic mass is 19.4. The maximum absolute atomic E-state index is 14.2. The van der Waals surface area contributed by atoms with Gasteiger partial charge >= 0.3 is 6.18 Å². The molecule has 33 heavy (non-hydrogen) atoms. The van der Waals surface area contributed by atoms with E-state index in [1.54, 1.807) is 18.2 Å². The lowest BCUT2D eigenvalue weighted by molar-refractivity contribution is -0.380. The van der Waals surface area contributed by atoms with Crippen molar-refractivity contribution >= 4 is 17.6 Å². The highest BCUT2D eigenvalue weighted by molar-refractivity contribution is 5.70. The Kier molecular flexibility index (Phi) is 8.24. The van der Waals surface area contributed by atoms with Crippen LogP contribution in [-0.2, 0) is 4.79 Å². The van der Waals surface area contributed by atoms with Gasteiger partial charge in [0.05, 0.1) is 18.1 Å². The lowest BCUT2D eigenvalue weighted by Gasteiger charge is -2.12. The number of aromatic amines is 1. The van der Waals surface area contributed by atoms with Crippen molar-refractivity contribution in [3.8, 4) is 23.1 Å². The van der Waals surface area contributed by atoms with Crippen LogP contribution in [0.15, 0.2) is 36.7 Å². The van der Waals surface area contributed by atoms with E-state index in [1.165, 1.54) is 18.5 Å². The highest BCUT2D eigenvalue weighted by Crippen LogP contribution is 2.27. The molecule has 0 spiro atoms. The molecule has 174 valence electrons. The molecule has 2 aromatic heterocycles. The number of nitrogens with zero attached hydrogens (tertiary/aromatic N) is 4. The van der Waals surface area contributed by atoms with Gasteiger partial charge in [-0.1, -0.05) is 0 Å². The predicted molar refractivity (Wildman–Crippen MR) is 103 cm³/mol. The Hall–Kier alpha value is -4.25. The van der Waals surface area contributed by atoms with Gasteiger partial charge in [0.1, 0.15) is 30.5 Å². The predicted octanol–water partition coefficient (Wildman–Crippen LogP) is 0.929. The van der Waals surface area contributed by atoms with E-state index < -0.39 is 18.0 Å². The fourth-order valence-electron chi connectivity index (χ4n) is 2.15. The van der Waals surface area contributed by atoms with Crippen LogP contribution in [0.4, 0.5) is 29.2 Å². The molecule has 1 aromatic carbocycles. The van der Waals surface area contributed by atoms with E-state index in [0.717, 1.165) is 0 Å². The van der Waals surface area contributed by atoms with Crippen LogP contribution in [0.3, 0.4) is 0 Å². The van der Waals surface area contributed by atoms with Gasteiger partial charge in [-0.2, -0.15) is 23.5 Å². The molecule has 5 N–H and O–H groups in total. The summed E-state index contributed by atoms with van der Waals surface area (Å²) in [4.78, 5) is 16.8. The molecule has 10 nitrogen and oxygen atoms in total. The smallest absolute Gasteiger partial charge is 0.430 e. The largest absolute Gasteiger partial charge is 0.542 e. The number of benzene rings is 1. The second-order valence-corrected chi connectivity index (χ2v) is 6.34. The molecule has 0 fully saturated rings. The number of ether oxygens (including phenoxy) is 1. The Morgan fingerprint density at radius 3 is 2.52 bits per heavy atom. The molecule has 0 saturated carbocycles. The first kappa shape index (κ1) is 25.0. The number of carboxylic acid groups (broad SMARTS) is 1. The Labute approximate surface area is 184 Å². The molecule has 0 radical (unpaired) electrons. The van der Waals surface area contributed by atoms with Crippen LogP contribution >= 0.6 is 0 Å². The molecule has 3 rings (SSSR count). The van der Waals surface area contributed by atoms with E-state index >= 15 is 0 Å². The molecule has 0 amide bonds. The second-order valence-electron chi connectivity index (χ2n) is 6.34. The number of H-pyrrole nitrogens is 1. The fraction of sp³-hybridized carbons (Fsp3) is 0.211. The van der Waals surface area contributed by atoms with Crippen molar-refractivity contribution in [3.05, 3.63) is 48.2 Å². The van der Waals surface area contributed by atoms with E-state index in [9.17, 15) is 17.6 Å². The number of hydrogen-bond donors (Lipinski definition) is 3. The van der Waals surface area contributed by atoms with Crippen molar-refractivity contribution in [1.82, 2.24) is 20.2 Å². The highest BCUT2D eigenvalue weighted by Gasteiger charge is 2.28. The van der Waals surface area contributed by atoms with Crippen molar-refractivity contribution in [1.29, 1.82) is 5.26 Å². The first-order valence-electron chi connectivity index (χ1n) is 9.12. The van der Waals surface area contributed by atoms with Gasteiger partial charge in [0.2, 0.25) is 0 Å². The normalized spacial score (nSPS) is 11.5. The van der Waals surface area contributed by atoms with Crippen LogP contribution in [0.25, 0.3) is 11.3 Å². The zero-order valence-electron chi connectivity index (χ0n) is 17.0. The Morgan fingerprint density at radius 1 is 1.30 bits per heavy atom. The van der Waals surface area contributed by atoms with E-state index in [1.807, 2.05) is 13.0 Å². The quantitative estimate of drug-likeness (QED) is 0.450. The zero-order chi connectivity index (χ0) is 24.6. The molecule has 0 saturated heterocycles. The summed E-state index contributed by atoms with van der Waals surface area (Å²) in [5.74, 6) is -2.34. The van der Waals surface area contributed by atoms with Crippen LogP contribution in [0.5, 0.6) is 5.75 Å². The zero-order valence-corrected chi connectivity index (χ0v) is 17.0. The minimum absolute atomic E-state index is 0.160. The van der Waals surface area contributed by atoms with Gasteiger partial charge in [0.15, 0.2) is 23.1 Å². The summed E-state index contributed by atoms with van der Waals surface area (Å²) in [7, 11) is 0. The molecule has 0 unspecified atom stereocenters. The number of hydrogen-bond acceptors (Lipinski definition) is 8. The molecule has 0 aliphatic rings.